The Morgan fingerprint density at radius 1 is 0.929 bits per heavy atom. The monoisotopic (exact) mass is 397 g/mol. The van der Waals surface area contributed by atoms with E-state index < -0.39 is 0 Å². The third-order valence-electron chi connectivity index (χ3n) is 5.09. The van der Waals surface area contributed by atoms with Gasteiger partial charge in [0.05, 0.1) is 14.2 Å². The predicted molar refractivity (Wildman–Crippen MR) is 114 cm³/mol. The number of thiazole rings is 1. The van der Waals surface area contributed by atoms with E-state index in [0.717, 1.165) is 64.3 Å². The second kappa shape index (κ2) is 7.67. The van der Waals surface area contributed by atoms with Crippen LogP contribution in [0.3, 0.4) is 0 Å². The van der Waals surface area contributed by atoms with Crippen LogP contribution in [-0.2, 0) is 0 Å². The van der Waals surface area contributed by atoms with Crippen LogP contribution in [0.15, 0.2) is 36.4 Å². The fourth-order valence-corrected chi connectivity index (χ4v) is 4.60. The Labute approximate surface area is 168 Å². The minimum absolute atomic E-state index is 0.0954. The SMILES string of the molecule is COc1ccc(OC)c2sc(N3CCN(c4ccc(C(C)=O)cc4)CC3)nc12. The fraction of sp³-hybridized carbons (Fsp3) is 0.333. The van der Waals surface area contributed by atoms with Crippen molar-refractivity contribution in [3.05, 3.63) is 42.0 Å². The second-order valence-electron chi connectivity index (χ2n) is 6.72. The van der Waals surface area contributed by atoms with Gasteiger partial charge in [0.15, 0.2) is 10.9 Å². The number of ether oxygens (including phenoxy) is 2. The highest BCUT2D eigenvalue weighted by Crippen LogP contribution is 2.40. The molecule has 6 nitrogen and oxygen atoms in total. The van der Waals surface area contributed by atoms with Crippen molar-refractivity contribution < 1.29 is 14.3 Å². The lowest BCUT2D eigenvalue weighted by molar-refractivity contribution is 0.101. The number of carbonyl (C=O) groups excluding carboxylic acids is 1. The largest absolute Gasteiger partial charge is 0.495 e. The summed E-state index contributed by atoms with van der Waals surface area (Å²) in [6.45, 7) is 5.18. The van der Waals surface area contributed by atoms with E-state index in [1.165, 1.54) is 0 Å². The van der Waals surface area contributed by atoms with Crippen LogP contribution < -0.4 is 19.3 Å². The van der Waals surface area contributed by atoms with Crippen LogP contribution in [0.5, 0.6) is 11.5 Å². The van der Waals surface area contributed by atoms with E-state index in [2.05, 4.69) is 9.80 Å². The third-order valence-corrected chi connectivity index (χ3v) is 6.22. The van der Waals surface area contributed by atoms with Crippen LogP contribution >= 0.6 is 11.3 Å². The molecule has 1 aliphatic rings. The normalized spacial score (nSPS) is 14.4. The number of methoxy groups -OCH3 is 2. The minimum Gasteiger partial charge on any atom is -0.495 e. The van der Waals surface area contributed by atoms with Gasteiger partial charge in [-0.3, -0.25) is 4.79 Å². The van der Waals surface area contributed by atoms with Crippen molar-refractivity contribution in [2.24, 2.45) is 0 Å². The second-order valence-corrected chi connectivity index (χ2v) is 7.70. The van der Waals surface area contributed by atoms with Crippen molar-refractivity contribution in [3.63, 3.8) is 0 Å². The number of benzene rings is 2. The summed E-state index contributed by atoms with van der Waals surface area (Å²) in [5, 5.41) is 0.990. The van der Waals surface area contributed by atoms with Crippen LogP contribution in [0.25, 0.3) is 10.2 Å². The number of carbonyl (C=O) groups is 1. The quantitative estimate of drug-likeness (QED) is 0.610. The molecule has 0 saturated carbocycles. The lowest BCUT2D eigenvalue weighted by atomic mass is 10.1. The summed E-state index contributed by atoms with van der Waals surface area (Å²) in [6, 6.07) is 11.7. The highest BCUT2D eigenvalue weighted by Gasteiger charge is 2.22. The number of Topliss-reactive ketones (excluding diaryl/α,β-unsaturated/α-hetero) is 1. The molecule has 3 aromatic rings. The Bertz CT molecular complexity index is 951. The molecule has 0 radical (unpaired) electrons. The van der Waals surface area contributed by atoms with Crippen LogP contribution in [-0.4, -0.2) is 51.2 Å². The molecule has 0 bridgehead atoms. The van der Waals surface area contributed by atoms with Crippen molar-refractivity contribution in [2.75, 3.05) is 50.2 Å². The summed E-state index contributed by atoms with van der Waals surface area (Å²) < 4.78 is 12.0. The van der Waals surface area contributed by atoms with Crippen molar-refractivity contribution in [1.29, 1.82) is 0 Å². The molecule has 1 aliphatic heterocycles. The van der Waals surface area contributed by atoms with E-state index >= 15 is 0 Å². The molecular formula is C21H23N3O3S. The molecule has 0 atom stereocenters. The number of aromatic nitrogens is 1. The Hall–Kier alpha value is -2.80. The first-order chi connectivity index (χ1) is 13.6. The number of anilines is 2. The summed E-state index contributed by atoms with van der Waals surface area (Å²) in [7, 11) is 3.34. The molecule has 0 amide bonds. The maximum absolute atomic E-state index is 11.5. The van der Waals surface area contributed by atoms with Gasteiger partial charge in [0.1, 0.15) is 21.7 Å². The number of rotatable bonds is 5. The van der Waals surface area contributed by atoms with Gasteiger partial charge in [0.25, 0.3) is 0 Å². The molecular weight excluding hydrogens is 374 g/mol. The zero-order valence-corrected chi connectivity index (χ0v) is 17.1. The molecule has 0 aliphatic carbocycles. The van der Waals surface area contributed by atoms with Gasteiger partial charge in [-0.15, -0.1) is 0 Å². The zero-order valence-electron chi connectivity index (χ0n) is 16.3. The van der Waals surface area contributed by atoms with Gasteiger partial charge in [0, 0.05) is 37.4 Å². The Morgan fingerprint density at radius 2 is 1.54 bits per heavy atom. The average Bonchev–Trinajstić information content (AvgIpc) is 3.19. The first kappa shape index (κ1) is 18.6. The number of piperazine rings is 1. The average molecular weight is 398 g/mol. The lowest BCUT2D eigenvalue weighted by Gasteiger charge is -2.36. The van der Waals surface area contributed by atoms with Crippen LogP contribution in [0.1, 0.15) is 17.3 Å². The van der Waals surface area contributed by atoms with Crippen molar-refractivity contribution in [3.8, 4) is 11.5 Å². The van der Waals surface area contributed by atoms with Crippen molar-refractivity contribution in [2.45, 2.75) is 6.92 Å². The molecule has 146 valence electrons. The van der Waals surface area contributed by atoms with Crippen molar-refractivity contribution in [1.82, 2.24) is 4.98 Å². The molecule has 7 heteroatoms. The van der Waals surface area contributed by atoms with Gasteiger partial charge in [-0.1, -0.05) is 11.3 Å². The van der Waals surface area contributed by atoms with E-state index in [4.69, 9.17) is 14.5 Å². The van der Waals surface area contributed by atoms with Crippen molar-refractivity contribution >= 4 is 38.2 Å². The molecule has 2 aromatic carbocycles. The highest BCUT2D eigenvalue weighted by molar-refractivity contribution is 7.22. The summed E-state index contributed by atoms with van der Waals surface area (Å²) in [4.78, 5) is 20.9. The van der Waals surface area contributed by atoms with E-state index in [0.29, 0.717) is 0 Å². The molecule has 2 heterocycles. The molecule has 0 spiro atoms. The molecule has 1 aromatic heterocycles. The molecule has 1 fully saturated rings. The molecule has 0 N–H and O–H groups in total. The maximum atomic E-state index is 11.5. The van der Waals surface area contributed by atoms with E-state index in [-0.39, 0.29) is 5.78 Å². The van der Waals surface area contributed by atoms with Crippen LogP contribution in [0, 0.1) is 0 Å². The lowest BCUT2D eigenvalue weighted by Crippen LogP contribution is -2.46. The molecule has 0 unspecified atom stereocenters. The van der Waals surface area contributed by atoms with Crippen LogP contribution in [0.2, 0.25) is 0 Å². The smallest absolute Gasteiger partial charge is 0.186 e. The number of fused-ring (bicyclic) bond motifs is 1. The third kappa shape index (κ3) is 3.38. The standard InChI is InChI=1S/C21H23N3O3S/c1-14(25)15-4-6-16(7-5-15)23-10-12-24(13-11-23)21-22-19-17(26-2)8-9-18(27-3)20(19)28-21/h4-9H,10-13H2,1-3H3. The van der Waals surface area contributed by atoms with E-state index in [9.17, 15) is 4.79 Å². The molecule has 28 heavy (non-hydrogen) atoms. The summed E-state index contributed by atoms with van der Waals surface area (Å²) in [6.07, 6.45) is 0. The predicted octanol–water partition coefficient (Wildman–Crippen LogP) is 3.84. The summed E-state index contributed by atoms with van der Waals surface area (Å²) >= 11 is 1.64. The van der Waals surface area contributed by atoms with Gasteiger partial charge in [-0.05, 0) is 43.3 Å². The van der Waals surface area contributed by atoms with Gasteiger partial charge < -0.3 is 19.3 Å². The number of hydrogen-bond acceptors (Lipinski definition) is 7. The summed E-state index contributed by atoms with van der Waals surface area (Å²) in [5.74, 6) is 1.68. The van der Waals surface area contributed by atoms with Gasteiger partial charge >= 0.3 is 0 Å². The van der Waals surface area contributed by atoms with Gasteiger partial charge in [0.2, 0.25) is 0 Å². The Kier molecular flexibility index (Phi) is 5.09. The minimum atomic E-state index is 0.0954. The van der Waals surface area contributed by atoms with E-state index in [1.807, 2.05) is 36.4 Å². The number of nitrogens with zero attached hydrogens (tertiary/aromatic N) is 3. The highest BCUT2D eigenvalue weighted by atomic mass is 32.1. The maximum Gasteiger partial charge on any atom is 0.186 e. The Balaban J connectivity index is 1.51. The first-order valence-corrected chi connectivity index (χ1v) is 10.0. The first-order valence-electron chi connectivity index (χ1n) is 9.23. The Morgan fingerprint density at radius 3 is 2.14 bits per heavy atom. The van der Waals surface area contributed by atoms with Gasteiger partial charge in [-0.2, -0.15) is 0 Å². The van der Waals surface area contributed by atoms with Crippen LogP contribution in [0.4, 0.5) is 10.8 Å². The number of ketones is 1. The summed E-state index contributed by atoms with van der Waals surface area (Å²) in [5.41, 5.74) is 2.75. The molecule has 1 saturated heterocycles. The number of hydrogen-bond donors (Lipinski definition) is 0. The molecule has 4 rings (SSSR count). The van der Waals surface area contributed by atoms with E-state index in [1.54, 1.807) is 32.5 Å². The topological polar surface area (TPSA) is 54.9 Å². The zero-order chi connectivity index (χ0) is 19.7. The fourth-order valence-electron chi connectivity index (χ4n) is 3.47. The van der Waals surface area contributed by atoms with Gasteiger partial charge in [-0.25, -0.2) is 4.98 Å².